The van der Waals surface area contributed by atoms with Gasteiger partial charge in [0.25, 0.3) is 5.56 Å². The molecule has 0 unspecified atom stereocenters. The van der Waals surface area contributed by atoms with Gasteiger partial charge in [0, 0.05) is 17.6 Å². The Labute approximate surface area is 130 Å². The SMILES string of the molecule is CCCCn1c(-c2ccc(F)cc2)ccc(C(C)(C)N)c1=O. The Hall–Kier alpha value is -1.94. The van der Waals surface area contributed by atoms with E-state index in [4.69, 9.17) is 5.73 Å². The molecule has 0 amide bonds. The van der Waals surface area contributed by atoms with Gasteiger partial charge in [0.05, 0.1) is 5.69 Å². The Morgan fingerprint density at radius 1 is 1.14 bits per heavy atom. The maximum Gasteiger partial charge on any atom is 0.256 e. The van der Waals surface area contributed by atoms with Crippen molar-refractivity contribution in [3.05, 3.63) is 58.1 Å². The van der Waals surface area contributed by atoms with E-state index >= 15 is 0 Å². The molecule has 0 aliphatic heterocycles. The average Bonchev–Trinajstić information content (AvgIpc) is 2.45. The van der Waals surface area contributed by atoms with Crippen molar-refractivity contribution in [2.45, 2.75) is 45.7 Å². The second kappa shape index (κ2) is 6.44. The fourth-order valence-electron chi connectivity index (χ4n) is 2.48. The van der Waals surface area contributed by atoms with E-state index in [9.17, 15) is 9.18 Å². The molecule has 0 aliphatic carbocycles. The number of rotatable bonds is 5. The van der Waals surface area contributed by atoms with Crippen molar-refractivity contribution in [3.63, 3.8) is 0 Å². The molecule has 0 saturated carbocycles. The molecule has 1 aromatic carbocycles. The van der Waals surface area contributed by atoms with Gasteiger partial charge in [-0.25, -0.2) is 4.39 Å². The minimum Gasteiger partial charge on any atom is -0.322 e. The van der Waals surface area contributed by atoms with Crippen LogP contribution in [0.5, 0.6) is 0 Å². The minimum atomic E-state index is -0.688. The van der Waals surface area contributed by atoms with Gasteiger partial charge < -0.3 is 10.3 Å². The Balaban J connectivity index is 2.61. The quantitative estimate of drug-likeness (QED) is 0.916. The van der Waals surface area contributed by atoms with E-state index in [1.807, 2.05) is 19.9 Å². The summed E-state index contributed by atoms with van der Waals surface area (Å²) in [6.45, 7) is 6.36. The van der Waals surface area contributed by atoms with Gasteiger partial charge in [-0.15, -0.1) is 0 Å². The summed E-state index contributed by atoms with van der Waals surface area (Å²) in [4.78, 5) is 12.8. The molecule has 118 valence electrons. The number of pyridine rings is 1. The first kappa shape index (κ1) is 16.4. The topological polar surface area (TPSA) is 48.0 Å². The molecule has 0 spiro atoms. The van der Waals surface area contributed by atoms with Crippen LogP contribution in [-0.4, -0.2) is 4.57 Å². The van der Waals surface area contributed by atoms with Gasteiger partial charge in [0.1, 0.15) is 5.82 Å². The van der Waals surface area contributed by atoms with E-state index in [1.54, 1.807) is 22.8 Å². The lowest BCUT2D eigenvalue weighted by molar-refractivity contribution is 0.528. The first-order valence-electron chi connectivity index (χ1n) is 7.63. The number of nitrogens with zero attached hydrogens (tertiary/aromatic N) is 1. The second-order valence-electron chi connectivity index (χ2n) is 6.17. The summed E-state index contributed by atoms with van der Waals surface area (Å²) in [5.41, 5.74) is 7.57. The predicted octanol–water partition coefficient (Wildman–Crippen LogP) is 3.65. The van der Waals surface area contributed by atoms with E-state index < -0.39 is 5.54 Å². The number of nitrogens with two attached hydrogens (primary N) is 1. The molecule has 3 nitrogen and oxygen atoms in total. The van der Waals surface area contributed by atoms with Gasteiger partial charge >= 0.3 is 0 Å². The van der Waals surface area contributed by atoms with Crippen molar-refractivity contribution in [1.29, 1.82) is 0 Å². The highest BCUT2D eigenvalue weighted by atomic mass is 19.1. The van der Waals surface area contributed by atoms with Crippen LogP contribution in [0.25, 0.3) is 11.3 Å². The number of benzene rings is 1. The standard InChI is InChI=1S/C18H23FN2O/c1-4-5-12-21-16(13-6-8-14(19)9-7-13)11-10-15(17(21)22)18(2,3)20/h6-11H,4-5,12,20H2,1-3H3. The van der Waals surface area contributed by atoms with Crippen LogP contribution in [0.15, 0.2) is 41.2 Å². The molecule has 0 atom stereocenters. The highest BCUT2D eigenvalue weighted by molar-refractivity contribution is 5.60. The van der Waals surface area contributed by atoms with Crippen LogP contribution in [0.4, 0.5) is 4.39 Å². The molecule has 0 fully saturated rings. The smallest absolute Gasteiger partial charge is 0.256 e. The van der Waals surface area contributed by atoms with Crippen LogP contribution in [0, 0.1) is 5.82 Å². The number of unbranched alkanes of at least 4 members (excludes halogenated alkanes) is 1. The normalized spacial score (nSPS) is 11.7. The van der Waals surface area contributed by atoms with Crippen LogP contribution >= 0.6 is 0 Å². The second-order valence-corrected chi connectivity index (χ2v) is 6.17. The van der Waals surface area contributed by atoms with E-state index in [1.165, 1.54) is 12.1 Å². The summed E-state index contributed by atoms with van der Waals surface area (Å²) in [5, 5.41) is 0. The highest BCUT2D eigenvalue weighted by Gasteiger charge is 2.21. The van der Waals surface area contributed by atoms with Crippen molar-refractivity contribution in [2.75, 3.05) is 0 Å². The zero-order valence-electron chi connectivity index (χ0n) is 13.4. The maximum absolute atomic E-state index is 13.1. The minimum absolute atomic E-state index is 0.0669. The zero-order valence-corrected chi connectivity index (χ0v) is 13.4. The molecule has 1 aromatic heterocycles. The summed E-state index contributed by atoms with van der Waals surface area (Å²) in [7, 11) is 0. The molecule has 22 heavy (non-hydrogen) atoms. The molecule has 2 aromatic rings. The van der Waals surface area contributed by atoms with Crippen molar-refractivity contribution in [2.24, 2.45) is 5.73 Å². The Bertz CT molecular complexity index is 697. The van der Waals surface area contributed by atoms with E-state index in [0.29, 0.717) is 12.1 Å². The molecule has 4 heteroatoms. The van der Waals surface area contributed by atoms with Crippen LogP contribution in [0.1, 0.15) is 39.2 Å². The summed E-state index contributed by atoms with van der Waals surface area (Å²) in [6, 6.07) is 9.88. The van der Waals surface area contributed by atoms with Gasteiger partial charge in [-0.3, -0.25) is 4.79 Å². The van der Waals surface area contributed by atoms with Gasteiger partial charge in [0.15, 0.2) is 0 Å². The lowest BCUT2D eigenvalue weighted by atomic mass is 9.96. The summed E-state index contributed by atoms with van der Waals surface area (Å²) < 4.78 is 14.9. The van der Waals surface area contributed by atoms with Crippen LogP contribution in [0.2, 0.25) is 0 Å². The average molecular weight is 302 g/mol. The highest BCUT2D eigenvalue weighted by Crippen LogP contribution is 2.22. The Kier molecular flexibility index (Phi) is 4.81. The van der Waals surface area contributed by atoms with E-state index in [-0.39, 0.29) is 11.4 Å². The Morgan fingerprint density at radius 2 is 1.77 bits per heavy atom. The largest absolute Gasteiger partial charge is 0.322 e. The molecule has 0 radical (unpaired) electrons. The predicted molar refractivity (Wildman–Crippen MR) is 88.2 cm³/mol. The molecule has 2 rings (SSSR count). The zero-order chi connectivity index (χ0) is 16.3. The van der Waals surface area contributed by atoms with Crippen molar-refractivity contribution >= 4 is 0 Å². The van der Waals surface area contributed by atoms with Gasteiger partial charge in [-0.05, 0) is 62.2 Å². The van der Waals surface area contributed by atoms with Gasteiger partial charge in [-0.1, -0.05) is 13.3 Å². The number of hydrogen-bond donors (Lipinski definition) is 1. The molecule has 0 bridgehead atoms. The van der Waals surface area contributed by atoms with Gasteiger partial charge in [-0.2, -0.15) is 0 Å². The van der Waals surface area contributed by atoms with E-state index in [2.05, 4.69) is 6.92 Å². The van der Waals surface area contributed by atoms with Crippen LogP contribution < -0.4 is 11.3 Å². The first-order chi connectivity index (χ1) is 10.3. The number of hydrogen-bond acceptors (Lipinski definition) is 2. The molecule has 1 heterocycles. The number of halogens is 1. The third-order valence-electron chi connectivity index (χ3n) is 3.74. The van der Waals surface area contributed by atoms with Crippen molar-refractivity contribution in [1.82, 2.24) is 4.57 Å². The monoisotopic (exact) mass is 302 g/mol. The summed E-state index contributed by atoms with van der Waals surface area (Å²) >= 11 is 0. The first-order valence-corrected chi connectivity index (χ1v) is 7.63. The van der Waals surface area contributed by atoms with Crippen molar-refractivity contribution in [3.8, 4) is 11.3 Å². The summed E-state index contributed by atoms with van der Waals surface area (Å²) in [5.74, 6) is -0.286. The summed E-state index contributed by atoms with van der Waals surface area (Å²) in [6.07, 6.45) is 1.90. The molecular formula is C18H23FN2O. The fourth-order valence-corrected chi connectivity index (χ4v) is 2.48. The fraction of sp³-hybridized carbons (Fsp3) is 0.389. The third-order valence-corrected chi connectivity index (χ3v) is 3.74. The lowest BCUT2D eigenvalue weighted by Gasteiger charge is -2.22. The lowest BCUT2D eigenvalue weighted by Crippen LogP contribution is -2.38. The van der Waals surface area contributed by atoms with Crippen LogP contribution in [0.3, 0.4) is 0 Å². The van der Waals surface area contributed by atoms with E-state index in [0.717, 1.165) is 24.1 Å². The molecule has 0 aliphatic rings. The van der Waals surface area contributed by atoms with Crippen LogP contribution in [-0.2, 0) is 12.1 Å². The Morgan fingerprint density at radius 3 is 2.32 bits per heavy atom. The molecule has 0 saturated heterocycles. The van der Waals surface area contributed by atoms with Gasteiger partial charge in [0.2, 0.25) is 0 Å². The molecular weight excluding hydrogens is 279 g/mol. The van der Waals surface area contributed by atoms with Crippen molar-refractivity contribution < 1.29 is 4.39 Å². The number of aromatic nitrogens is 1. The maximum atomic E-state index is 13.1. The third kappa shape index (κ3) is 3.45. The molecule has 2 N–H and O–H groups in total.